The van der Waals surface area contributed by atoms with E-state index in [0.29, 0.717) is 18.6 Å². The number of hydrogen-bond acceptors (Lipinski definition) is 4. The van der Waals surface area contributed by atoms with Crippen LogP contribution >= 0.6 is 0 Å². The third kappa shape index (κ3) is 2.90. The Morgan fingerprint density at radius 2 is 2.06 bits per heavy atom. The summed E-state index contributed by atoms with van der Waals surface area (Å²) in [7, 11) is 1.67. The molecule has 0 N–H and O–H groups in total. The van der Waals surface area contributed by atoms with Gasteiger partial charge in [-0.3, -0.25) is 10.1 Å². The van der Waals surface area contributed by atoms with Crippen molar-refractivity contribution in [3.05, 3.63) is 33.7 Å². The molecule has 0 spiro atoms. The van der Waals surface area contributed by atoms with Gasteiger partial charge < -0.3 is 9.47 Å². The van der Waals surface area contributed by atoms with E-state index < -0.39 is 0 Å². The molecule has 2 aliphatic carbocycles. The summed E-state index contributed by atoms with van der Waals surface area (Å²) < 4.78 is 11.2. The van der Waals surface area contributed by atoms with Crippen LogP contribution in [0.1, 0.15) is 38.5 Å². The van der Waals surface area contributed by atoms with Gasteiger partial charge in [-0.1, -0.05) is 12.5 Å². The number of methoxy groups -OCH3 is 1. The van der Waals surface area contributed by atoms with E-state index >= 15 is 0 Å². The first-order valence-corrected chi connectivity index (χ1v) is 6.46. The Morgan fingerprint density at radius 1 is 1.33 bits per heavy atom. The summed E-state index contributed by atoms with van der Waals surface area (Å²) >= 11 is 0. The van der Waals surface area contributed by atoms with Crippen molar-refractivity contribution in [1.29, 1.82) is 0 Å². The first-order chi connectivity index (χ1) is 8.72. The molecule has 0 bridgehead atoms. The molecule has 1 saturated carbocycles. The van der Waals surface area contributed by atoms with E-state index in [1.165, 1.54) is 0 Å². The smallest absolute Gasteiger partial charge is 0.287 e. The second-order valence-corrected chi connectivity index (χ2v) is 4.72. The van der Waals surface area contributed by atoms with Crippen molar-refractivity contribution in [2.45, 2.75) is 50.7 Å². The van der Waals surface area contributed by atoms with Crippen LogP contribution in [0.2, 0.25) is 0 Å². The van der Waals surface area contributed by atoms with Crippen LogP contribution in [0.15, 0.2) is 23.6 Å². The Morgan fingerprint density at radius 3 is 2.72 bits per heavy atom. The summed E-state index contributed by atoms with van der Waals surface area (Å²) in [6.07, 6.45) is 8.89. The Hall–Kier alpha value is -1.36. The minimum Gasteiger partial charge on any atom is -0.481 e. The third-order valence-corrected chi connectivity index (χ3v) is 3.54. The Labute approximate surface area is 107 Å². The van der Waals surface area contributed by atoms with E-state index in [9.17, 15) is 10.1 Å². The van der Waals surface area contributed by atoms with Gasteiger partial charge in [0.15, 0.2) is 5.76 Å². The van der Waals surface area contributed by atoms with Gasteiger partial charge in [-0.15, -0.1) is 0 Å². The molecule has 0 radical (unpaired) electrons. The highest BCUT2D eigenvalue weighted by Crippen LogP contribution is 2.28. The zero-order valence-electron chi connectivity index (χ0n) is 10.6. The van der Waals surface area contributed by atoms with Gasteiger partial charge in [-0.2, -0.15) is 0 Å². The Kier molecular flexibility index (Phi) is 4.36. The number of ether oxygens (including phenoxy) is 2. The first kappa shape index (κ1) is 13.1. The van der Waals surface area contributed by atoms with Crippen LogP contribution in [-0.2, 0) is 9.47 Å². The maximum atomic E-state index is 11.0. The lowest BCUT2D eigenvalue weighted by Gasteiger charge is -2.31. The molecule has 2 atom stereocenters. The fourth-order valence-electron chi connectivity index (χ4n) is 2.55. The lowest BCUT2D eigenvalue weighted by atomic mass is 9.94. The zero-order valence-corrected chi connectivity index (χ0v) is 10.6. The van der Waals surface area contributed by atoms with Gasteiger partial charge in [0.2, 0.25) is 0 Å². The highest BCUT2D eigenvalue weighted by Gasteiger charge is 2.30. The van der Waals surface area contributed by atoms with Crippen LogP contribution in [-0.4, -0.2) is 24.2 Å². The molecule has 2 aliphatic rings. The molecular formula is C13H19NO4. The summed E-state index contributed by atoms with van der Waals surface area (Å²) in [6, 6.07) is 0. The van der Waals surface area contributed by atoms with Crippen molar-refractivity contribution in [3.63, 3.8) is 0 Å². The summed E-state index contributed by atoms with van der Waals surface area (Å²) in [5, 5.41) is 11.0. The van der Waals surface area contributed by atoms with Crippen molar-refractivity contribution in [3.8, 4) is 0 Å². The number of nitrogens with zero attached hydrogens (tertiary/aromatic N) is 1. The predicted molar refractivity (Wildman–Crippen MR) is 66.5 cm³/mol. The van der Waals surface area contributed by atoms with Gasteiger partial charge in [0, 0.05) is 13.5 Å². The maximum absolute atomic E-state index is 11.0. The van der Waals surface area contributed by atoms with Gasteiger partial charge in [-0.25, -0.2) is 0 Å². The highest BCUT2D eigenvalue weighted by molar-refractivity contribution is 5.20. The van der Waals surface area contributed by atoms with Gasteiger partial charge >= 0.3 is 0 Å². The zero-order chi connectivity index (χ0) is 13.0. The van der Waals surface area contributed by atoms with E-state index in [2.05, 4.69) is 0 Å². The summed E-state index contributed by atoms with van der Waals surface area (Å²) in [4.78, 5) is 10.6. The van der Waals surface area contributed by atoms with Crippen LogP contribution in [0.3, 0.4) is 0 Å². The molecule has 0 heterocycles. The molecule has 0 aromatic carbocycles. The van der Waals surface area contributed by atoms with E-state index in [1.807, 2.05) is 6.08 Å². The second-order valence-electron chi connectivity index (χ2n) is 4.72. The molecule has 0 amide bonds. The lowest BCUT2D eigenvalue weighted by Crippen LogP contribution is -2.34. The third-order valence-electron chi connectivity index (χ3n) is 3.54. The molecule has 0 aromatic heterocycles. The molecule has 2 rings (SSSR count). The number of allylic oxidation sites excluding steroid dienone is 3. The molecule has 0 aromatic rings. The predicted octanol–water partition coefficient (Wildman–Crippen LogP) is 2.80. The highest BCUT2D eigenvalue weighted by atomic mass is 16.6. The molecule has 0 saturated heterocycles. The van der Waals surface area contributed by atoms with Crippen LogP contribution < -0.4 is 0 Å². The summed E-state index contributed by atoms with van der Waals surface area (Å²) in [6.45, 7) is 0. The molecule has 100 valence electrons. The molecule has 1 unspecified atom stereocenters. The molecule has 1 fully saturated rings. The first-order valence-electron chi connectivity index (χ1n) is 6.46. The fraction of sp³-hybridized carbons (Fsp3) is 0.692. The van der Waals surface area contributed by atoms with Crippen molar-refractivity contribution >= 4 is 0 Å². The van der Waals surface area contributed by atoms with Crippen molar-refractivity contribution in [2.24, 2.45) is 0 Å². The van der Waals surface area contributed by atoms with E-state index in [1.54, 1.807) is 13.2 Å². The Balaban J connectivity index is 2.10. The second kappa shape index (κ2) is 6.00. The van der Waals surface area contributed by atoms with Crippen molar-refractivity contribution in [2.75, 3.05) is 7.11 Å². The summed E-state index contributed by atoms with van der Waals surface area (Å²) in [5.74, 6) is 0.417. The number of rotatable bonds is 4. The van der Waals surface area contributed by atoms with Gasteiger partial charge in [0.05, 0.1) is 11.0 Å². The lowest BCUT2D eigenvalue weighted by molar-refractivity contribution is -0.431. The van der Waals surface area contributed by atoms with Crippen LogP contribution in [0.4, 0.5) is 0 Å². The van der Waals surface area contributed by atoms with E-state index in [-0.39, 0.29) is 22.8 Å². The minimum absolute atomic E-state index is 0.0505. The van der Waals surface area contributed by atoms with Crippen LogP contribution in [0.25, 0.3) is 0 Å². The molecule has 5 heteroatoms. The van der Waals surface area contributed by atoms with Gasteiger partial charge in [-0.05, 0) is 31.8 Å². The van der Waals surface area contributed by atoms with Crippen LogP contribution in [0, 0.1) is 10.1 Å². The number of hydrogen-bond donors (Lipinski definition) is 0. The van der Waals surface area contributed by atoms with Crippen molar-refractivity contribution < 1.29 is 14.4 Å². The monoisotopic (exact) mass is 253 g/mol. The minimum atomic E-state index is -0.330. The molecule has 5 nitrogen and oxygen atoms in total. The standard InChI is InChI=1S/C13H19NO4/c1-17-12-8-4-5-9-13(12)18-11-7-3-2-6-10(11)14(15)16/h3,7,12-13H,2,4-6,8-9H2,1H3/t12-,13?/m0/s1. The van der Waals surface area contributed by atoms with Gasteiger partial charge in [0.1, 0.15) is 6.10 Å². The van der Waals surface area contributed by atoms with Crippen LogP contribution in [0.5, 0.6) is 0 Å². The average molecular weight is 253 g/mol. The Bertz CT molecular complexity index is 375. The maximum Gasteiger partial charge on any atom is 0.287 e. The topological polar surface area (TPSA) is 61.6 Å². The van der Waals surface area contributed by atoms with Gasteiger partial charge in [0.25, 0.3) is 5.70 Å². The molecule has 18 heavy (non-hydrogen) atoms. The SMILES string of the molecule is CO[C@H]1CCCCC1OC1=C([N+](=O)[O-])CCC=C1. The van der Waals surface area contributed by atoms with E-state index in [4.69, 9.17) is 9.47 Å². The van der Waals surface area contributed by atoms with E-state index in [0.717, 1.165) is 25.7 Å². The molecule has 0 aliphatic heterocycles. The normalized spacial score (nSPS) is 28.3. The van der Waals surface area contributed by atoms with Crippen molar-refractivity contribution in [1.82, 2.24) is 0 Å². The molecular weight excluding hydrogens is 234 g/mol. The fourth-order valence-corrected chi connectivity index (χ4v) is 2.55. The summed E-state index contributed by atoms with van der Waals surface area (Å²) in [5.41, 5.74) is 0.193. The average Bonchev–Trinajstić information content (AvgIpc) is 2.40. The largest absolute Gasteiger partial charge is 0.481 e. The number of nitro groups is 1. The quantitative estimate of drug-likeness (QED) is 0.571.